The lowest BCUT2D eigenvalue weighted by atomic mass is 10.1. The number of carbonyl (C=O) groups excluding carboxylic acids is 1. The van der Waals surface area contributed by atoms with E-state index in [4.69, 9.17) is 0 Å². The van der Waals surface area contributed by atoms with Crippen molar-refractivity contribution in [2.24, 2.45) is 0 Å². The Bertz CT molecular complexity index is 408. The van der Waals surface area contributed by atoms with Gasteiger partial charge in [-0.15, -0.1) is 0 Å². The normalized spacial score (nSPS) is 21.8. The van der Waals surface area contributed by atoms with E-state index in [0.717, 1.165) is 4.47 Å². The number of nitrogens with zero attached hydrogens (tertiary/aromatic N) is 1. The lowest BCUT2D eigenvalue weighted by molar-refractivity contribution is -0.119. The molecule has 0 fully saturated rings. The van der Waals surface area contributed by atoms with Crippen LogP contribution in [0.4, 0.5) is 5.69 Å². The van der Waals surface area contributed by atoms with Crippen LogP contribution in [0.3, 0.4) is 0 Å². The van der Waals surface area contributed by atoms with Crippen molar-refractivity contribution in [3.8, 4) is 0 Å². The van der Waals surface area contributed by atoms with Crippen LogP contribution in [0.1, 0.15) is 11.8 Å². The summed E-state index contributed by atoms with van der Waals surface area (Å²) in [5.74, 6) is -0.113. The molecule has 0 spiro atoms. The Labute approximate surface area is 96.0 Å². The average Bonchev–Trinajstić information content (AvgIpc) is 2.27. The molecule has 1 aromatic carbocycles. The summed E-state index contributed by atoms with van der Waals surface area (Å²) >= 11 is 3.34. The highest BCUT2D eigenvalue weighted by Gasteiger charge is 2.24. The molecule has 1 aliphatic heterocycles. The second-order valence-electron chi connectivity index (χ2n) is 3.57. The van der Waals surface area contributed by atoms with Gasteiger partial charge in [0.1, 0.15) is 6.23 Å². The monoisotopic (exact) mass is 270 g/mol. The standard InChI is InChI=1S/C10H11BrN2O2/c1-13-5-9(14)12-8-3-2-6(11)4-7(8)10(13)15/h2-4,10,15H,5H2,1H3,(H,12,14). The Morgan fingerprint density at radius 2 is 2.33 bits per heavy atom. The molecule has 1 atom stereocenters. The van der Waals surface area contributed by atoms with Gasteiger partial charge in [0.15, 0.2) is 0 Å². The minimum absolute atomic E-state index is 0.113. The molecule has 1 heterocycles. The van der Waals surface area contributed by atoms with E-state index in [2.05, 4.69) is 21.2 Å². The van der Waals surface area contributed by atoms with Gasteiger partial charge in [-0.25, -0.2) is 0 Å². The predicted molar refractivity (Wildman–Crippen MR) is 60.4 cm³/mol. The van der Waals surface area contributed by atoms with Crippen molar-refractivity contribution in [1.82, 2.24) is 4.90 Å². The van der Waals surface area contributed by atoms with Crippen molar-refractivity contribution < 1.29 is 9.90 Å². The Morgan fingerprint density at radius 3 is 3.07 bits per heavy atom. The van der Waals surface area contributed by atoms with Gasteiger partial charge in [0.05, 0.1) is 6.54 Å². The molecule has 5 heteroatoms. The zero-order valence-corrected chi connectivity index (χ0v) is 9.78. The minimum atomic E-state index is -0.753. The molecule has 1 aliphatic rings. The van der Waals surface area contributed by atoms with E-state index in [9.17, 15) is 9.90 Å². The summed E-state index contributed by atoms with van der Waals surface area (Å²) in [6.45, 7) is 0.188. The van der Waals surface area contributed by atoms with Crippen LogP contribution >= 0.6 is 15.9 Å². The number of aliphatic hydroxyl groups excluding tert-OH is 1. The van der Waals surface area contributed by atoms with Gasteiger partial charge in [0.2, 0.25) is 5.91 Å². The first-order valence-electron chi connectivity index (χ1n) is 4.55. The molecule has 0 bridgehead atoms. The highest BCUT2D eigenvalue weighted by molar-refractivity contribution is 9.10. The number of amides is 1. The Morgan fingerprint density at radius 1 is 1.60 bits per heavy atom. The lowest BCUT2D eigenvalue weighted by Crippen LogP contribution is -2.29. The summed E-state index contributed by atoms with van der Waals surface area (Å²) in [6, 6.07) is 5.42. The maximum atomic E-state index is 11.4. The van der Waals surface area contributed by atoms with Crippen LogP contribution in [0.5, 0.6) is 0 Å². The van der Waals surface area contributed by atoms with Crippen molar-refractivity contribution in [2.45, 2.75) is 6.23 Å². The number of fused-ring (bicyclic) bond motifs is 1. The quantitative estimate of drug-likeness (QED) is 0.748. The minimum Gasteiger partial charge on any atom is -0.374 e. The number of anilines is 1. The number of rotatable bonds is 0. The van der Waals surface area contributed by atoms with Crippen LogP contribution in [0.2, 0.25) is 0 Å². The molecule has 0 aromatic heterocycles. The van der Waals surface area contributed by atoms with Gasteiger partial charge < -0.3 is 10.4 Å². The van der Waals surface area contributed by atoms with Crippen molar-refractivity contribution in [3.63, 3.8) is 0 Å². The van der Waals surface area contributed by atoms with Crippen molar-refractivity contribution in [2.75, 3.05) is 18.9 Å². The molecule has 2 rings (SSSR count). The summed E-state index contributed by atoms with van der Waals surface area (Å²) < 4.78 is 0.879. The summed E-state index contributed by atoms with van der Waals surface area (Å²) in [5, 5.41) is 12.7. The Kier molecular flexibility index (Phi) is 2.77. The maximum absolute atomic E-state index is 11.4. The SMILES string of the molecule is CN1CC(=O)Nc2ccc(Br)cc2C1O. The second-order valence-corrected chi connectivity index (χ2v) is 4.48. The van der Waals surface area contributed by atoms with E-state index >= 15 is 0 Å². The Balaban J connectivity index is 2.50. The van der Waals surface area contributed by atoms with E-state index in [-0.39, 0.29) is 12.5 Å². The summed E-state index contributed by atoms with van der Waals surface area (Å²) in [6.07, 6.45) is -0.753. The first-order valence-corrected chi connectivity index (χ1v) is 5.35. The lowest BCUT2D eigenvalue weighted by Gasteiger charge is -2.20. The molecule has 0 radical (unpaired) electrons. The third-order valence-corrected chi connectivity index (χ3v) is 2.87. The average molecular weight is 271 g/mol. The van der Waals surface area contributed by atoms with Gasteiger partial charge in [0, 0.05) is 15.7 Å². The molecule has 0 saturated carbocycles. The third kappa shape index (κ3) is 2.04. The summed E-state index contributed by atoms with van der Waals surface area (Å²) in [7, 11) is 1.71. The molecule has 2 N–H and O–H groups in total. The van der Waals surface area contributed by atoms with Crippen LogP contribution in [0.15, 0.2) is 22.7 Å². The highest BCUT2D eigenvalue weighted by atomic mass is 79.9. The van der Waals surface area contributed by atoms with Crippen molar-refractivity contribution in [3.05, 3.63) is 28.2 Å². The summed E-state index contributed by atoms with van der Waals surface area (Å²) in [5.41, 5.74) is 1.37. The van der Waals surface area contributed by atoms with Gasteiger partial charge in [-0.2, -0.15) is 0 Å². The van der Waals surface area contributed by atoms with E-state index in [1.54, 1.807) is 18.0 Å². The first-order chi connectivity index (χ1) is 7.08. The smallest absolute Gasteiger partial charge is 0.238 e. The van der Waals surface area contributed by atoms with E-state index in [1.807, 2.05) is 12.1 Å². The highest BCUT2D eigenvalue weighted by Crippen LogP contribution is 2.30. The number of carbonyl (C=O) groups is 1. The number of hydrogen-bond donors (Lipinski definition) is 2. The van der Waals surface area contributed by atoms with Crippen molar-refractivity contribution >= 4 is 27.5 Å². The van der Waals surface area contributed by atoms with Gasteiger partial charge >= 0.3 is 0 Å². The number of nitrogens with one attached hydrogen (secondary N) is 1. The fourth-order valence-electron chi connectivity index (χ4n) is 1.60. The molecule has 1 amide bonds. The zero-order valence-electron chi connectivity index (χ0n) is 8.20. The fourth-order valence-corrected chi connectivity index (χ4v) is 1.98. The van der Waals surface area contributed by atoms with Gasteiger partial charge in [-0.05, 0) is 25.2 Å². The molecule has 15 heavy (non-hydrogen) atoms. The zero-order chi connectivity index (χ0) is 11.0. The third-order valence-electron chi connectivity index (χ3n) is 2.38. The van der Waals surface area contributed by atoms with E-state index in [1.165, 1.54) is 0 Å². The first kappa shape index (κ1) is 10.6. The van der Waals surface area contributed by atoms with Gasteiger partial charge in [0.25, 0.3) is 0 Å². The van der Waals surface area contributed by atoms with Crippen molar-refractivity contribution in [1.29, 1.82) is 0 Å². The van der Waals surface area contributed by atoms with Gasteiger partial charge in [-0.3, -0.25) is 9.69 Å². The number of hydrogen-bond acceptors (Lipinski definition) is 3. The second kappa shape index (κ2) is 3.92. The number of halogens is 1. The topological polar surface area (TPSA) is 52.6 Å². The molecular formula is C10H11BrN2O2. The predicted octanol–water partition coefficient (Wildman–Crippen LogP) is 1.32. The molecule has 0 aliphatic carbocycles. The number of likely N-dealkylation sites (N-methyl/N-ethyl adjacent to an activating group) is 1. The molecular weight excluding hydrogens is 260 g/mol. The fraction of sp³-hybridized carbons (Fsp3) is 0.300. The van der Waals surface area contributed by atoms with Crippen LogP contribution in [-0.4, -0.2) is 29.5 Å². The Hall–Kier alpha value is -0.910. The van der Waals surface area contributed by atoms with E-state index < -0.39 is 6.23 Å². The maximum Gasteiger partial charge on any atom is 0.238 e. The molecule has 80 valence electrons. The molecule has 0 saturated heterocycles. The van der Waals surface area contributed by atoms with Crippen LogP contribution in [0.25, 0.3) is 0 Å². The van der Waals surface area contributed by atoms with Crippen LogP contribution in [-0.2, 0) is 4.79 Å². The molecule has 4 nitrogen and oxygen atoms in total. The number of aliphatic hydroxyl groups is 1. The summed E-state index contributed by atoms with van der Waals surface area (Å²) in [4.78, 5) is 13.0. The molecule has 1 aromatic rings. The van der Waals surface area contributed by atoms with Crippen LogP contribution < -0.4 is 5.32 Å². The molecule has 1 unspecified atom stereocenters. The van der Waals surface area contributed by atoms with E-state index in [0.29, 0.717) is 11.3 Å². The largest absolute Gasteiger partial charge is 0.374 e. The number of benzene rings is 1. The van der Waals surface area contributed by atoms with Crippen LogP contribution in [0, 0.1) is 0 Å². The van der Waals surface area contributed by atoms with Gasteiger partial charge in [-0.1, -0.05) is 15.9 Å².